The summed E-state index contributed by atoms with van der Waals surface area (Å²) in [6.45, 7) is 3.93. The minimum atomic E-state index is -0.474. The zero-order chi connectivity index (χ0) is 27.6. The molecular weight excluding hydrogens is 537 g/mol. The zero-order valence-electron chi connectivity index (χ0n) is 21.8. The van der Waals surface area contributed by atoms with E-state index < -0.39 is 4.92 Å². The fourth-order valence-electron chi connectivity index (χ4n) is 5.76. The number of likely N-dealkylation sites (tertiary alicyclic amines) is 1. The first-order chi connectivity index (χ1) is 18.8. The molecule has 1 spiro atoms. The number of amides is 1. The van der Waals surface area contributed by atoms with E-state index in [2.05, 4.69) is 29.2 Å². The first-order valence-corrected chi connectivity index (χ1v) is 13.9. The summed E-state index contributed by atoms with van der Waals surface area (Å²) in [6.07, 6.45) is 2.75. The van der Waals surface area contributed by atoms with Gasteiger partial charge in [0.15, 0.2) is 0 Å². The molecule has 1 unspecified atom stereocenters. The first kappa shape index (κ1) is 27.6. The van der Waals surface area contributed by atoms with Gasteiger partial charge in [-0.05, 0) is 66.8 Å². The highest BCUT2D eigenvalue weighted by atomic mass is 35.5. The van der Waals surface area contributed by atoms with Crippen LogP contribution in [-0.2, 0) is 16.9 Å². The molecule has 0 N–H and O–H groups in total. The quantitative estimate of drug-likeness (QED) is 0.224. The predicted molar refractivity (Wildman–Crippen MR) is 152 cm³/mol. The van der Waals surface area contributed by atoms with Gasteiger partial charge in [-0.1, -0.05) is 53.5 Å². The van der Waals surface area contributed by atoms with Crippen molar-refractivity contribution in [3.8, 4) is 0 Å². The Morgan fingerprint density at radius 2 is 1.79 bits per heavy atom. The Kier molecular flexibility index (Phi) is 8.24. The van der Waals surface area contributed by atoms with Crippen molar-refractivity contribution in [1.29, 1.82) is 0 Å². The molecule has 2 aliphatic rings. The fourth-order valence-corrected chi connectivity index (χ4v) is 6.07. The van der Waals surface area contributed by atoms with Crippen LogP contribution in [0.3, 0.4) is 0 Å². The normalized spacial score (nSPS) is 17.1. The highest BCUT2D eigenvalue weighted by Crippen LogP contribution is 2.44. The van der Waals surface area contributed by atoms with Gasteiger partial charge in [0.25, 0.3) is 11.6 Å². The molecule has 2 aliphatic heterocycles. The average molecular weight is 569 g/mol. The molecule has 3 aromatic carbocycles. The molecule has 39 heavy (non-hydrogen) atoms. The molecule has 1 amide bonds. The van der Waals surface area contributed by atoms with Gasteiger partial charge in [0.05, 0.1) is 27.2 Å². The second-order valence-electron chi connectivity index (χ2n) is 10.4. The van der Waals surface area contributed by atoms with Crippen LogP contribution in [0.1, 0.15) is 52.2 Å². The number of nitro benzene ring substituents is 1. The van der Waals surface area contributed by atoms with Crippen molar-refractivity contribution >= 4 is 34.8 Å². The van der Waals surface area contributed by atoms with Crippen molar-refractivity contribution in [3.63, 3.8) is 0 Å². The SMILES string of the molecule is CN(CC(CCN1CCC2(CC1)OCc1ccccc12)c1ccc(Cl)c(Cl)c1)C(=O)c1ccc([N+](=O)[O-])cc1. The number of rotatable bonds is 8. The monoisotopic (exact) mass is 567 g/mol. The van der Waals surface area contributed by atoms with Crippen LogP contribution in [0.5, 0.6) is 0 Å². The van der Waals surface area contributed by atoms with E-state index >= 15 is 0 Å². The Labute approximate surface area is 238 Å². The lowest BCUT2D eigenvalue weighted by molar-refractivity contribution is -0.384. The minimum Gasteiger partial charge on any atom is -0.365 e. The van der Waals surface area contributed by atoms with E-state index in [4.69, 9.17) is 27.9 Å². The number of fused-ring (bicyclic) bond motifs is 2. The average Bonchev–Trinajstić information content (AvgIpc) is 3.31. The van der Waals surface area contributed by atoms with Crippen LogP contribution >= 0.6 is 23.2 Å². The molecule has 0 aliphatic carbocycles. The fraction of sp³-hybridized carbons (Fsp3) is 0.367. The largest absolute Gasteiger partial charge is 0.365 e. The summed E-state index contributed by atoms with van der Waals surface area (Å²) in [6, 6.07) is 19.9. The van der Waals surface area contributed by atoms with E-state index in [1.807, 2.05) is 12.1 Å². The van der Waals surface area contributed by atoms with Crippen molar-refractivity contribution < 1.29 is 14.5 Å². The van der Waals surface area contributed by atoms with Crippen LogP contribution in [0, 0.1) is 10.1 Å². The molecule has 204 valence electrons. The van der Waals surface area contributed by atoms with Crippen molar-refractivity contribution in [2.75, 3.05) is 33.2 Å². The third-order valence-electron chi connectivity index (χ3n) is 8.05. The summed E-state index contributed by atoms with van der Waals surface area (Å²) in [7, 11) is 1.76. The molecule has 0 aromatic heterocycles. The number of carbonyl (C=O) groups excluding carboxylic acids is 1. The van der Waals surface area contributed by atoms with Gasteiger partial charge >= 0.3 is 0 Å². The number of non-ortho nitro benzene ring substituents is 1. The van der Waals surface area contributed by atoms with Gasteiger partial charge in [0.2, 0.25) is 0 Å². The van der Waals surface area contributed by atoms with Crippen LogP contribution in [0.2, 0.25) is 10.0 Å². The molecule has 3 aromatic rings. The Hall–Kier alpha value is -2.97. The smallest absolute Gasteiger partial charge is 0.269 e. The third kappa shape index (κ3) is 5.97. The van der Waals surface area contributed by atoms with Crippen LogP contribution in [0.25, 0.3) is 0 Å². The van der Waals surface area contributed by atoms with Crippen molar-refractivity contribution in [1.82, 2.24) is 9.80 Å². The molecule has 0 bridgehead atoms. The number of carbonyl (C=O) groups is 1. The zero-order valence-corrected chi connectivity index (χ0v) is 23.3. The number of likely N-dealkylation sites (N-methyl/N-ethyl adjacent to an activating group) is 1. The van der Waals surface area contributed by atoms with Crippen LogP contribution in [-0.4, -0.2) is 53.9 Å². The lowest BCUT2D eigenvalue weighted by Crippen LogP contribution is -2.43. The Morgan fingerprint density at radius 3 is 2.49 bits per heavy atom. The molecule has 5 rings (SSSR count). The van der Waals surface area contributed by atoms with Crippen LogP contribution < -0.4 is 0 Å². The van der Waals surface area contributed by atoms with Crippen molar-refractivity contribution in [2.24, 2.45) is 0 Å². The van der Waals surface area contributed by atoms with Crippen LogP contribution in [0.4, 0.5) is 5.69 Å². The second kappa shape index (κ2) is 11.6. The number of hydrogen-bond acceptors (Lipinski definition) is 5. The van der Waals surface area contributed by atoms with Gasteiger partial charge in [0, 0.05) is 50.3 Å². The van der Waals surface area contributed by atoms with Gasteiger partial charge in [0.1, 0.15) is 0 Å². The van der Waals surface area contributed by atoms with E-state index in [9.17, 15) is 14.9 Å². The van der Waals surface area contributed by atoms with Crippen LogP contribution in [0.15, 0.2) is 66.7 Å². The van der Waals surface area contributed by atoms with E-state index in [-0.39, 0.29) is 23.1 Å². The predicted octanol–water partition coefficient (Wildman–Crippen LogP) is 6.67. The maximum atomic E-state index is 13.1. The summed E-state index contributed by atoms with van der Waals surface area (Å²) >= 11 is 12.5. The summed E-state index contributed by atoms with van der Waals surface area (Å²) in [5, 5.41) is 12.0. The van der Waals surface area contributed by atoms with E-state index in [0.717, 1.165) is 44.5 Å². The summed E-state index contributed by atoms with van der Waals surface area (Å²) in [5.74, 6) is -0.155. The molecule has 7 nitrogen and oxygen atoms in total. The van der Waals surface area contributed by atoms with Crippen molar-refractivity contribution in [3.05, 3.63) is 109 Å². The molecule has 1 atom stereocenters. The maximum absolute atomic E-state index is 13.1. The molecule has 2 heterocycles. The number of nitro groups is 1. The number of halogens is 2. The highest BCUT2D eigenvalue weighted by Gasteiger charge is 2.42. The van der Waals surface area contributed by atoms with E-state index in [1.165, 1.54) is 35.4 Å². The molecule has 1 saturated heterocycles. The number of ether oxygens (including phenoxy) is 1. The molecule has 1 fully saturated rings. The second-order valence-corrected chi connectivity index (χ2v) is 11.2. The molecular formula is C30H31Cl2N3O4. The lowest BCUT2D eigenvalue weighted by Gasteiger charge is -2.40. The highest BCUT2D eigenvalue weighted by molar-refractivity contribution is 6.42. The topological polar surface area (TPSA) is 75.9 Å². The number of piperidine rings is 1. The Morgan fingerprint density at radius 1 is 1.08 bits per heavy atom. The van der Waals surface area contributed by atoms with E-state index in [0.29, 0.717) is 28.8 Å². The molecule has 0 radical (unpaired) electrons. The lowest BCUT2D eigenvalue weighted by atomic mass is 9.83. The summed E-state index contributed by atoms with van der Waals surface area (Å²) < 4.78 is 6.33. The number of benzene rings is 3. The van der Waals surface area contributed by atoms with Gasteiger partial charge in [-0.2, -0.15) is 0 Å². The Bertz CT molecular complexity index is 1360. The van der Waals surface area contributed by atoms with Gasteiger partial charge in [-0.3, -0.25) is 14.9 Å². The first-order valence-electron chi connectivity index (χ1n) is 13.2. The minimum absolute atomic E-state index is 0.0334. The third-order valence-corrected chi connectivity index (χ3v) is 8.79. The van der Waals surface area contributed by atoms with Crippen molar-refractivity contribution in [2.45, 2.75) is 37.4 Å². The summed E-state index contributed by atoms with van der Waals surface area (Å²) in [5.41, 5.74) is 3.85. The number of hydrogen-bond donors (Lipinski definition) is 0. The Balaban J connectivity index is 1.25. The summed E-state index contributed by atoms with van der Waals surface area (Å²) in [4.78, 5) is 27.8. The van der Waals surface area contributed by atoms with Gasteiger partial charge in [-0.15, -0.1) is 0 Å². The molecule has 0 saturated carbocycles. The van der Waals surface area contributed by atoms with Gasteiger partial charge in [-0.25, -0.2) is 0 Å². The van der Waals surface area contributed by atoms with Gasteiger partial charge < -0.3 is 14.5 Å². The molecule has 9 heteroatoms. The standard InChI is InChI=1S/C30H31Cl2N3O4/c1-33(29(36)21-6-9-25(10-7-21)35(37)38)19-23(22-8-11-27(31)28(32)18-22)12-15-34-16-13-30(14-17-34)26-5-3-2-4-24(26)20-39-30/h2-11,18,23H,12-17,19-20H2,1H3. The van der Waals surface area contributed by atoms with E-state index in [1.54, 1.807) is 18.0 Å². The number of nitrogens with zero attached hydrogens (tertiary/aromatic N) is 3. The maximum Gasteiger partial charge on any atom is 0.269 e.